The Bertz CT molecular complexity index is 192. The van der Waals surface area contributed by atoms with Crippen LogP contribution in [-0.4, -0.2) is 13.5 Å². The zero-order chi connectivity index (χ0) is 11.4. The number of carbonyl (C=O) groups is 1. The third kappa shape index (κ3) is 5.30. The van der Waals surface area contributed by atoms with Crippen LogP contribution in [0.25, 0.3) is 0 Å². The van der Waals surface area contributed by atoms with E-state index in [0.29, 0.717) is 7.48 Å². The van der Waals surface area contributed by atoms with E-state index in [1.807, 2.05) is 20.8 Å². The molecule has 0 rings (SSSR count). The molecule has 0 radical (unpaired) electrons. The van der Waals surface area contributed by atoms with Gasteiger partial charge in [0, 0.05) is 0 Å². The lowest BCUT2D eigenvalue weighted by Crippen LogP contribution is -2.31. The van der Waals surface area contributed by atoms with Gasteiger partial charge in [-0.05, 0) is 32.0 Å². The monoisotopic (exact) mass is 198 g/mol. The number of rotatable bonds is 4. The number of carbonyl (C=O) groups excluding carboxylic acids is 1. The molecule has 0 spiro atoms. The molecule has 0 saturated carbocycles. The van der Waals surface area contributed by atoms with Crippen LogP contribution in [0, 0.1) is 10.8 Å². The van der Waals surface area contributed by atoms with Crippen LogP contribution < -0.4 is 0 Å². The molecule has 0 aliphatic carbocycles. The SMILES string of the molecule is CCBOC(=O)C(C)(C)CC(C)(C)C. The first kappa shape index (κ1) is 13.5. The van der Waals surface area contributed by atoms with Gasteiger partial charge < -0.3 is 4.65 Å². The number of hydrogen-bond donors (Lipinski definition) is 0. The second-order valence-corrected chi connectivity index (χ2v) is 5.76. The van der Waals surface area contributed by atoms with Gasteiger partial charge in [0.1, 0.15) is 0 Å². The highest BCUT2D eigenvalue weighted by Crippen LogP contribution is 2.33. The topological polar surface area (TPSA) is 26.3 Å². The van der Waals surface area contributed by atoms with Crippen LogP contribution in [-0.2, 0) is 9.45 Å². The lowest BCUT2D eigenvalue weighted by molar-refractivity contribution is -0.145. The molecule has 14 heavy (non-hydrogen) atoms. The van der Waals surface area contributed by atoms with Crippen molar-refractivity contribution in [3.05, 3.63) is 0 Å². The Morgan fingerprint density at radius 3 is 2.07 bits per heavy atom. The van der Waals surface area contributed by atoms with E-state index in [1.54, 1.807) is 0 Å². The van der Waals surface area contributed by atoms with Crippen molar-refractivity contribution < 1.29 is 9.45 Å². The molecular weight excluding hydrogens is 175 g/mol. The summed E-state index contributed by atoms with van der Waals surface area (Å²) in [4.78, 5) is 11.7. The van der Waals surface area contributed by atoms with Crippen LogP contribution in [0.5, 0.6) is 0 Å². The van der Waals surface area contributed by atoms with E-state index in [-0.39, 0.29) is 16.8 Å². The van der Waals surface area contributed by atoms with Gasteiger partial charge in [0.15, 0.2) is 0 Å². The molecule has 0 unspecified atom stereocenters. The minimum atomic E-state index is -0.368. The predicted molar refractivity (Wildman–Crippen MR) is 61.6 cm³/mol. The molecule has 0 saturated heterocycles. The first-order chi connectivity index (χ1) is 6.19. The highest BCUT2D eigenvalue weighted by molar-refractivity contribution is 6.30. The summed E-state index contributed by atoms with van der Waals surface area (Å²) in [6, 6.07) is 0. The van der Waals surface area contributed by atoms with E-state index in [1.165, 1.54) is 0 Å². The molecule has 0 aromatic carbocycles. The molecule has 3 heteroatoms. The van der Waals surface area contributed by atoms with Gasteiger partial charge in [-0.2, -0.15) is 0 Å². The van der Waals surface area contributed by atoms with Crippen LogP contribution in [0.1, 0.15) is 48.0 Å². The summed E-state index contributed by atoms with van der Waals surface area (Å²) in [5.74, 6) is -0.0747. The van der Waals surface area contributed by atoms with Gasteiger partial charge in [-0.1, -0.05) is 27.7 Å². The molecule has 0 atom stereocenters. The van der Waals surface area contributed by atoms with Crippen molar-refractivity contribution in [3.8, 4) is 0 Å². The fraction of sp³-hybridized carbons (Fsp3) is 0.909. The Balaban J connectivity index is 4.23. The first-order valence-corrected chi connectivity index (χ1v) is 5.36. The highest BCUT2D eigenvalue weighted by Gasteiger charge is 2.33. The molecule has 0 aromatic rings. The fourth-order valence-corrected chi connectivity index (χ4v) is 1.79. The van der Waals surface area contributed by atoms with E-state index < -0.39 is 0 Å². The molecule has 0 amide bonds. The molecular formula is C11H23BO2. The summed E-state index contributed by atoms with van der Waals surface area (Å²) in [6.45, 7) is 12.3. The van der Waals surface area contributed by atoms with Crippen LogP contribution in [0.2, 0.25) is 6.32 Å². The minimum Gasteiger partial charge on any atom is -0.539 e. The molecule has 0 aromatic heterocycles. The van der Waals surface area contributed by atoms with E-state index in [0.717, 1.165) is 12.7 Å². The summed E-state index contributed by atoms with van der Waals surface area (Å²) < 4.78 is 5.16. The van der Waals surface area contributed by atoms with Crippen molar-refractivity contribution in [2.45, 2.75) is 54.3 Å². The van der Waals surface area contributed by atoms with Crippen molar-refractivity contribution in [3.63, 3.8) is 0 Å². The zero-order valence-electron chi connectivity index (χ0n) is 10.4. The van der Waals surface area contributed by atoms with Gasteiger partial charge >= 0.3 is 7.48 Å². The maximum absolute atomic E-state index is 11.7. The second kappa shape index (κ2) is 4.85. The van der Waals surface area contributed by atoms with E-state index in [2.05, 4.69) is 20.8 Å². The van der Waals surface area contributed by atoms with Crippen molar-refractivity contribution >= 4 is 13.5 Å². The molecule has 82 valence electrons. The summed E-state index contributed by atoms with van der Waals surface area (Å²) in [5, 5.41) is 0. The van der Waals surface area contributed by atoms with Crippen molar-refractivity contribution in [1.82, 2.24) is 0 Å². The summed E-state index contributed by atoms with van der Waals surface area (Å²) in [5.41, 5.74) is -0.206. The molecule has 0 bridgehead atoms. The van der Waals surface area contributed by atoms with Crippen molar-refractivity contribution in [1.29, 1.82) is 0 Å². The average molecular weight is 198 g/mol. The Morgan fingerprint density at radius 1 is 1.21 bits per heavy atom. The van der Waals surface area contributed by atoms with Gasteiger partial charge in [-0.15, -0.1) is 0 Å². The summed E-state index contributed by atoms with van der Waals surface area (Å²) in [7, 11) is 0.534. The Kier molecular flexibility index (Phi) is 4.69. The van der Waals surface area contributed by atoms with Gasteiger partial charge in [-0.25, -0.2) is 0 Å². The van der Waals surface area contributed by atoms with Gasteiger partial charge in [0.05, 0.1) is 5.41 Å². The predicted octanol–water partition coefficient (Wildman–Crippen LogP) is 2.78. The normalized spacial score (nSPS) is 12.4. The maximum Gasteiger partial charge on any atom is 0.343 e. The van der Waals surface area contributed by atoms with E-state index >= 15 is 0 Å². The van der Waals surface area contributed by atoms with Gasteiger partial charge in [0.25, 0.3) is 5.97 Å². The Morgan fingerprint density at radius 2 is 1.71 bits per heavy atom. The van der Waals surface area contributed by atoms with Crippen LogP contribution in [0.4, 0.5) is 0 Å². The largest absolute Gasteiger partial charge is 0.539 e. The van der Waals surface area contributed by atoms with Crippen LogP contribution >= 0.6 is 0 Å². The summed E-state index contributed by atoms with van der Waals surface area (Å²) >= 11 is 0. The lowest BCUT2D eigenvalue weighted by Gasteiger charge is -2.30. The molecule has 0 fully saturated rings. The van der Waals surface area contributed by atoms with Crippen LogP contribution in [0.15, 0.2) is 0 Å². The summed E-state index contributed by atoms with van der Waals surface area (Å²) in [6.07, 6.45) is 1.74. The second-order valence-electron chi connectivity index (χ2n) is 5.76. The van der Waals surface area contributed by atoms with E-state index in [4.69, 9.17) is 4.65 Å². The Hall–Kier alpha value is -0.465. The molecule has 2 nitrogen and oxygen atoms in total. The van der Waals surface area contributed by atoms with Gasteiger partial charge in [-0.3, -0.25) is 4.79 Å². The fourth-order valence-electron chi connectivity index (χ4n) is 1.79. The van der Waals surface area contributed by atoms with E-state index in [9.17, 15) is 4.79 Å². The smallest absolute Gasteiger partial charge is 0.343 e. The third-order valence-electron chi connectivity index (χ3n) is 1.96. The van der Waals surface area contributed by atoms with Crippen molar-refractivity contribution in [2.24, 2.45) is 10.8 Å². The highest BCUT2D eigenvalue weighted by atomic mass is 16.5. The quantitative estimate of drug-likeness (QED) is 0.649. The maximum atomic E-state index is 11.7. The Labute approximate surface area is 88.7 Å². The average Bonchev–Trinajstić information content (AvgIpc) is 1.95. The molecule has 0 N–H and O–H groups in total. The standard InChI is InChI=1S/C11H23BO2/c1-7-12-14-9(13)11(5,6)8-10(2,3)4/h12H,7-8H2,1-6H3. The van der Waals surface area contributed by atoms with Crippen molar-refractivity contribution in [2.75, 3.05) is 0 Å². The third-order valence-corrected chi connectivity index (χ3v) is 1.96. The number of hydrogen-bond acceptors (Lipinski definition) is 2. The first-order valence-electron chi connectivity index (χ1n) is 5.36. The van der Waals surface area contributed by atoms with Crippen LogP contribution in [0.3, 0.4) is 0 Å². The molecule has 0 aliphatic rings. The van der Waals surface area contributed by atoms with Gasteiger partial charge in [0.2, 0.25) is 0 Å². The minimum absolute atomic E-state index is 0.0747. The molecule has 0 aliphatic heterocycles. The molecule has 0 heterocycles. The lowest BCUT2D eigenvalue weighted by atomic mass is 9.76. The zero-order valence-corrected chi connectivity index (χ0v) is 10.4.